The first-order chi connectivity index (χ1) is 13.7. The van der Waals surface area contributed by atoms with Gasteiger partial charge in [0.15, 0.2) is 16.7 Å². The molecule has 0 aliphatic rings. The van der Waals surface area contributed by atoms with Crippen molar-refractivity contribution in [2.75, 3.05) is 5.75 Å². The lowest BCUT2D eigenvalue weighted by molar-refractivity contribution is -0.119. The number of nitrogens with one attached hydrogen (secondary N) is 1. The van der Waals surface area contributed by atoms with Crippen LogP contribution in [0.5, 0.6) is 0 Å². The summed E-state index contributed by atoms with van der Waals surface area (Å²) in [4.78, 5) is 13.7. The van der Waals surface area contributed by atoms with Crippen LogP contribution >= 0.6 is 23.1 Å². The van der Waals surface area contributed by atoms with Crippen LogP contribution in [0.25, 0.3) is 11.6 Å². The molecule has 0 saturated carbocycles. The number of benzene rings is 1. The number of carbonyl (C=O) groups is 1. The van der Waals surface area contributed by atoms with Gasteiger partial charge in [-0.3, -0.25) is 4.79 Å². The van der Waals surface area contributed by atoms with Gasteiger partial charge in [0.25, 0.3) is 0 Å². The van der Waals surface area contributed by atoms with E-state index in [0.29, 0.717) is 16.7 Å². The van der Waals surface area contributed by atoms with Crippen LogP contribution in [0.4, 0.5) is 0 Å². The molecule has 4 aromatic rings. The van der Waals surface area contributed by atoms with Gasteiger partial charge >= 0.3 is 0 Å². The number of hydrogen-bond acceptors (Lipinski definition) is 6. The highest BCUT2D eigenvalue weighted by Crippen LogP contribution is 2.27. The average molecular weight is 411 g/mol. The molecular formula is C20H18N4O2S2. The Balaban J connectivity index is 1.44. The van der Waals surface area contributed by atoms with Crippen molar-refractivity contribution in [2.45, 2.75) is 11.2 Å². The van der Waals surface area contributed by atoms with Gasteiger partial charge in [-0.05, 0) is 29.1 Å². The number of carbonyl (C=O) groups excluding carboxylic acids is 1. The maximum absolute atomic E-state index is 12.6. The molecule has 0 fully saturated rings. The maximum atomic E-state index is 12.6. The van der Waals surface area contributed by atoms with Crippen molar-refractivity contribution in [3.8, 4) is 11.6 Å². The summed E-state index contributed by atoms with van der Waals surface area (Å²) in [6.07, 6.45) is 1.60. The smallest absolute Gasteiger partial charge is 0.231 e. The SMILES string of the molecule is Cn1c(SCC(=O)NC(c2ccccc2)c2cccs2)nnc1-c1ccco1. The van der Waals surface area contributed by atoms with Crippen LogP contribution in [0.15, 0.2) is 75.8 Å². The fraction of sp³-hybridized carbons (Fsp3) is 0.150. The standard InChI is InChI=1S/C20H18N4O2S2/c1-24-19(15-9-5-11-26-15)22-23-20(24)28-13-17(25)21-18(16-10-6-12-27-16)14-7-3-2-4-8-14/h2-12,18H,13H2,1H3,(H,21,25). The topological polar surface area (TPSA) is 73.0 Å². The van der Waals surface area contributed by atoms with E-state index in [1.54, 1.807) is 23.7 Å². The largest absolute Gasteiger partial charge is 0.461 e. The highest BCUT2D eigenvalue weighted by atomic mass is 32.2. The van der Waals surface area contributed by atoms with Crippen LogP contribution in [-0.2, 0) is 11.8 Å². The van der Waals surface area contributed by atoms with E-state index >= 15 is 0 Å². The number of hydrogen-bond donors (Lipinski definition) is 1. The van der Waals surface area contributed by atoms with Gasteiger partial charge in [0, 0.05) is 11.9 Å². The maximum Gasteiger partial charge on any atom is 0.231 e. The van der Waals surface area contributed by atoms with Crippen molar-refractivity contribution in [2.24, 2.45) is 7.05 Å². The van der Waals surface area contributed by atoms with Crippen molar-refractivity contribution >= 4 is 29.0 Å². The molecule has 4 rings (SSSR count). The molecule has 1 unspecified atom stereocenters. The second-order valence-corrected chi connectivity index (χ2v) is 7.98. The third-order valence-corrected chi connectivity index (χ3v) is 6.13. The summed E-state index contributed by atoms with van der Waals surface area (Å²) in [7, 11) is 1.86. The molecular weight excluding hydrogens is 392 g/mol. The predicted molar refractivity (Wildman–Crippen MR) is 110 cm³/mol. The molecule has 1 atom stereocenters. The number of amides is 1. The lowest BCUT2D eigenvalue weighted by Gasteiger charge is -2.18. The minimum Gasteiger partial charge on any atom is -0.461 e. The van der Waals surface area contributed by atoms with Crippen LogP contribution in [0, 0.1) is 0 Å². The first kappa shape index (κ1) is 18.5. The molecule has 142 valence electrons. The Morgan fingerprint density at radius 1 is 1.18 bits per heavy atom. The molecule has 3 aromatic heterocycles. The monoisotopic (exact) mass is 410 g/mol. The molecule has 6 nitrogen and oxygen atoms in total. The zero-order valence-electron chi connectivity index (χ0n) is 15.1. The van der Waals surface area contributed by atoms with E-state index in [0.717, 1.165) is 10.4 Å². The molecule has 8 heteroatoms. The number of furan rings is 1. The van der Waals surface area contributed by atoms with Gasteiger partial charge in [0.2, 0.25) is 5.91 Å². The zero-order valence-corrected chi connectivity index (χ0v) is 16.7. The van der Waals surface area contributed by atoms with Gasteiger partial charge in [-0.1, -0.05) is 48.2 Å². The van der Waals surface area contributed by atoms with Crippen LogP contribution in [0.2, 0.25) is 0 Å². The second kappa shape index (κ2) is 8.45. The van der Waals surface area contributed by atoms with Crippen molar-refractivity contribution in [1.29, 1.82) is 0 Å². The Labute approximate surface area is 170 Å². The third-order valence-electron chi connectivity index (χ3n) is 4.17. The van der Waals surface area contributed by atoms with Gasteiger partial charge in [0.05, 0.1) is 18.1 Å². The molecule has 3 heterocycles. The van der Waals surface area contributed by atoms with Gasteiger partial charge in [0.1, 0.15) is 0 Å². The average Bonchev–Trinajstić information content (AvgIpc) is 3.47. The van der Waals surface area contributed by atoms with E-state index in [4.69, 9.17) is 4.42 Å². The number of nitrogens with zero attached hydrogens (tertiary/aromatic N) is 3. The Kier molecular flexibility index (Phi) is 5.59. The van der Waals surface area contributed by atoms with E-state index in [2.05, 4.69) is 15.5 Å². The summed E-state index contributed by atoms with van der Waals surface area (Å²) in [5.41, 5.74) is 1.06. The van der Waals surface area contributed by atoms with Crippen LogP contribution in [-0.4, -0.2) is 26.4 Å². The van der Waals surface area contributed by atoms with Crippen molar-refractivity contribution in [3.63, 3.8) is 0 Å². The van der Waals surface area contributed by atoms with E-state index < -0.39 is 0 Å². The van der Waals surface area contributed by atoms with Crippen LogP contribution < -0.4 is 5.32 Å². The van der Waals surface area contributed by atoms with Crippen LogP contribution in [0.3, 0.4) is 0 Å². The fourth-order valence-electron chi connectivity index (χ4n) is 2.81. The summed E-state index contributed by atoms with van der Waals surface area (Å²) in [6.45, 7) is 0. The Bertz CT molecular complexity index is 1030. The molecule has 28 heavy (non-hydrogen) atoms. The van der Waals surface area contributed by atoms with E-state index in [1.165, 1.54) is 11.8 Å². The predicted octanol–water partition coefficient (Wildman–Crippen LogP) is 4.13. The third kappa shape index (κ3) is 4.02. The van der Waals surface area contributed by atoms with Crippen molar-refractivity contribution < 1.29 is 9.21 Å². The summed E-state index contributed by atoms with van der Waals surface area (Å²) >= 11 is 2.97. The normalized spacial score (nSPS) is 12.0. The molecule has 0 spiro atoms. The summed E-state index contributed by atoms with van der Waals surface area (Å²) in [6, 6.07) is 17.5. The highest BCUT2D eigenvalue weighted by molar-refractivity contribution is 7.99. The Morgan fingerprint density at radius 3 is 2.75 bits per heavy atom. The molecule has 0 aliphatic carbocycles. The van der Waals surface area contributed by atoms with E-state index in [-0.39, 0.29) is 17.7 Å². The minimum atomic E-state index is -0.160. The summed E-state index contributed by atoms with van der Waals surface area (Å²) < 4.78 is 7.20. The Morgan fingerprint density at radius 2 is 2.04 bits per heavy atom. The molecule has 0 aliphatic heterocycles. The summed E-state index contributed by atoms with van der Waals surface area (Å²) in [5, 5.41) is 14.1. The molecule has 1 N–H and O–H groups in total. The van der Waals surface area contributed by atoms with Gasteiger partial charge < -0.3 is 14.3 Å². The summed E-state index contributed by atoms with van der Waals surface area (Å²) in [5.74, 6) is 1.47. The molecule has 0 bridgehead atoms. The Hall–Kier alpha value is -2.84. The molecule has 1 amide bonds. The number of thiophene rings is 1. The van der Waals surface area contributed by atoms with Crippen molar-refractivity contribution in [1.82, 2.24) is 20.1 Å². The quantitative estimate of drug-likeness (QED) is 0.464. The second-order valence-electron chi connectivity index (χ2n) is 6.06. The van der Waals surface area contributed by atoms with E-state index in [9.17, 15) is 4.79 Å². The fourth-order valence-corrected chi connectivity index (χ4v) is 4.34. The first-order valence-electron chi connectivity index (χ1n) is 8.66. The van der Waals surface area contributed by atoms with Gasteiger partial charge in [-0.2, -0.15) is 0 Å². The number of thioether (sulfide) groups is 1. The lowest BCUT2D eigenvalue weighted by atomic mass is 10.1. The van der Waals surface area contributed by atoms with Gasteiger partial charge in [-0.25, -0.2) is 0 Å². The molecule has 0 radical (unpaired) electrons. The lowest BCUT2D eigenvalue weighted by Crippen LogP contribution is -2.30. The minimum absolute atomic E-state index is 0.0604. The van der Waals surface area contributed by atoms with Crippen molar-refractivity contribution in [3.05, 3.63) is 76.7 Å². The highest BCUT2D eigenvalue weighted by Gasteiger charge is 2.19. The number of aromatic nitrogens is 3. The van der Waals surface area contributed by atoms with Crippen LogP contribution in [0.1, 0.15) is 16.5 Å². The molecule has 1 aromatic carbocycles. The zero-order chi connectivity index (χ0) is 19.3. The first-order valence-corrected chi connectivity index (χ1v) is 10.5. The molecule has 0 saturated heterocycles. The van der Waals surface area contributed by atoms with E-state index in [1.807, 2.05) is 65.5 Å². The van der Waals surface area contributed by atoms with Gasteiger partial charge in [-0.15, -0.1) is 21.5 Å². The number of rotatable bonds is 7.